The molecule has 2 amide bonds. The summed E-state index contributed by atoms with van der Waals surface area (Å²) in [5, 5.41) is 0. The lowest BCUT2D eigenvalue weighted by Crippen LogP contribution is -2.44. The van der Waals surface area contributed by atoms with Crippen molar-refractivity contribution in [3.63, 3.8) is 0 Å². The summed E-state index contributed by atoms with van der Waals surface area (Å²) in [4.78, 5) is 28.7. The van der Waals surface area contributed by atoms with Gasteiger partial charge in [0.15, 0.2) is 9.84 Å². The normalized spacial score (nSPS) is 24.8. The third-order valence-electron chi connectivity index (χ3n) is 5.33. The Labute approximate surface area is 155 Å². The lowest BCUT2D eigenvalue weighted by atomic mass is 10.1. The Morgan fingerprint density at radius 1 is 1.27 bits per heavy atom. The van der Waals surface area contributed by atoms with Crippen molar-refractivity contribution in [3.05, 3.63) is 35.4 Å². The minimum atomic E-state index is -3.04. The van der Waals surface area contributed by atoms with Crippen LogP contribution in [-0.2, 0) is 26.0 Å². The van der Waals surface area contributed by atoms with E-state index in [1.54, 1.807) is 9.80 Å². The van der Waals surface area contributed by atoms with E-state index < -0.39 is 9.84 Å². The second kappa shape index (κ2) is 7.39. The molecule has 3 rings (SSSR count). The molecule has 1 aromatic rings. The fourth-order valence-electron chi connectivity index (χ4n) is 3.85. The molecule has 2 fully saturated rings. The Bertz CT molecular complexity index is 788. The highest BCUT2D eigenvalue weighted by Crippen LogP contribution is 2.25. The summed E-state index contributed by atoms with van der Waals surface area (Å²) < 4.78 is 23.5. The fourth-order valence-corrected chi connectivity index (χ4v) is 5.58. The maximum absolute atomic E-state index is 12.9. The Kier molecular flexibility index (Phi) is 5.37. The van der Waals surface area contributed by atoms with Crippen LogP contribution >= 0.6 is 0 Å². The van der Waals surface area contributed by atoms with E-state index >= 15 is 0 Å². The van der Waals surface area contributed by atoms with E-state index in [0.29, 0.717) is 26.1 Å². The zero-order valence-corrected chi connectivity index (χ0v) is 16.2. The van der Waals surface area contributed by atoms with Crippen molar-refractivity contribution in [1.29, 1.82) is 0 Å². The van der Waals surface area contributed by atoms with Crippen LogP contribution in [0.3, 0.4) is 0 Å². The molecule has 2 aliphatic heterocycles. The number of carbonyl (C=O) groups excluding carboxylic acids is 2. The number of aryl methyl sites for hydroxylation is 1. The molecule has 0 bridgehead atoms. The van der Waals surface area contributed by atoms with Crippen LogP contribution in [0.15, 0.2) is 24.3 Å². The highest BCUT2D eigenvalue weighted by Gasteiger charge is 2.40. The number of nitrogens with zero attached hydrogens (tertiary/aromatic N) is 2. The van der Waals surface area contributed by atoms with Crippen molar-refractivity contribution in [3.8, 4) is 0 Å². The zero-order valence-electron chi connectivity index (χ0n) is 15.3. The molecule has 0 radical (unpaired) electrons. The lowest BCUT2D eigenvalue weighted by molar-refractivity contribution is -0.137. The van der Waals surface area contributed by atoms with E-state index in [0.717, 1.165) is 5.56 Å². The molecule has 26 heavy (non-hydrogen) atoms. The van der Waals surface area contributed by atoms with Crippen molar-refractivity contribution in [2.24, 2.45) is 5.92 Å². The van der Waals surface area contributed by atoms with Gasteiger partial charge in [-0.15, -0.1) is 0 Å². The van der Waals surface area contributed by atoms with Crippen LogP contribution < -0.4 is 0 Å². The van der Waals surface area contributed by atoms with E-state index in [9.17, 15) is 18.0 Å². The average molecular weight is 378 g/mol. The lowest BCUT2D eigenvalue weighted by Gasteiger charge is -2.29. The number of hydrogen-bond acceptors (Lipinski definition) is 4. The molecule has 142 valence electrons. The quantitative estimate of drug-likeness (QED) is 0.776. The summed E-state index contributed by atoms with van der Waals surface area (Å²) in [6, 6.07) is 7.77. The van der Waals surface area contributed by atoms with Gasteiger partial charge in [0.2, 0.25) is 11.8 Å². The van der Waals surface area contributed by atoms with E-state index in [1.807, 2.05) is 38.1 Å². The van der Waals surface area contributed by atoms with Crippen LogP contribution in [0.5, 0.6) is 0 Å². The highest BCUT2D eigenvalue weighted by molar-refractivity contribution is 7.91. The molecule has 0 N–H and O–H groups in total. The maximum Gasteiger partial charge on any atom is 0.228 e. The third kappa shape index (κ3) is 4.09. The number of benzene rings is 1. The van der Waals surface area contributed by atoms with Gasteiger partial charge in [-0.05, 0) is 25.8 Å². The SMILES string of the molecule is CCN(C(=O)[C@@H]1CC(=O)N(Cc2ccc(C)cc2)C1)[C@H]1CCS(=O)(=O)C1. The molecule has 7 heteroatoms. The number of sulfone groups is 1. The van der Waals surface area contributed by atoms with Gasteiger partial charge < -0.3 is 9.80 Å². The summed E-state index contributed by atoms with van der Waals surface area (Å²) >= 11 is 0. The molecule has 1 aromatic carbocycles. The summed E-state index contributed by atoms with van der Waals surface area (Å²) in [6.45, 7) is 5.27. The molecule has 2 heterocycles. The molecular formula is C19H26N2O4S. The Hall–Kier alpha value is -1.89. The first kappa shape index (κ1) is 18.9. The Morgan fingerprint density at radius 3 is 2.54 bits per heavy atom. The van der Waals surface area contributed by atoms with E-state index in [2.05, 4.69) is 0 Å². The van der Waals surface area contributed by atoms with Gasteiger partial charge in [0.05, 0.1) is 17.4 Å². The van der Waals surface area contributed by atoms with Gasteiger partial charge in [0.25, 0.3) is 0 Å². The first-order valence-corrected chi connectivity index (χ1v) is 11.0. The van der Waals surface area contributed by atoms with Gasteiger partial charge in [0, 0.05) is 32.1 Å². The molecule has 6 nitrogen and oxygen atoms in total. The largest absolute Gasteiger partial charge is 0.339 e. The van der Waals surface area contributed by atoms with Gasteiger partial charge >= 0.3 is 0 Å². The second-order valence-electron chi connectivity index (χ2n) is 7.34. The zero-order chi connectivity index (χ0) is 18.9. The van der Waals surface area contributed by atoms with Crippen molar-refractivity contribution in [2.75, 3.05) is 24.6 Å². The van der Waals surface area contributed by atoms with E-state index in [1.165, 1.54) is 5.56 Å². The first-order valence-electron chi connectivity index (χ1n) is 9.13. The van der Waals surface area contributed by atoms with Crippen molar-refractivity contribution in [2.45, 2.75) is 39.3 Å². The summed E-state index contributed by atoms with van der Waals surface area (Å²) in [7, 11) is -3.04. The molecular weight excluding hydrogens is 352 g/mol. The van der Waals surface area contributed by atoms with E-state index in [4.69, 9.17) is 0 Å². The first-order chi connectivity index (χ1) is 12.3. The molecule has 0 unspecified atom stereocenters. The van der Waals surface area contributed by atoms with Crippen LogP contribution in [0.1, 0.15) is 30.9 Å². The number of hydrogen-bond donors (Lipinski definition) is 0. The molecule has 0 aliphatic carbocycles. The highest BCUT2D eigenvalue weighted by atomic mass is 32.2. The monoisotopic (exact) mass is 378 g/mol. The van der Waals surface area contributed by atoms with Crippen molar-refractivity contribution in [1.82, 2.24) is 9.80 Å². The molecule has 0 saturated carbocycles. The van der Waals surface area contributed by atoms with Crippen LogP contribution in [0.4, 0.5) is 0 Å². The van der Waals surface area contributed by atoms with Crippen LogP contribution in [0.2, 0.25) is 0 Å². The standard InChI is InChI=1S/C19H26N2O4S/c1-3-21(17-8-9-26(24,25)13-17)19(23)16-10-18(22)20(12-16)11-15-6-4-14(2)5-7-15/h4-7,16-17H,3,8-13H2,1-2H3/t16-,17+/m1/s1. The smallest absolute Gasteiger partial charge is 0.228 e. The molecule has 0 aromatic heterocycles. The van der Waals surface area contributed by atoms with Gasteiger partial charge in [-0.3, -0.25) is 9.59 Å². The fraction of sp³-hybridized carbons (Fsp3) is 0.579. The number of rotatable bonds is 5. The number of likely N-dealkylation sites (tertiary alicyclic amines) is 1. The van der Waals surface area contributed by atoms with E-state index in [-0.39, 0.29) is 41.7 Å². The van der Waals surface area contributed by atoms with Crippen molar-refractivity contribution < 1.29 is 18.0 Å². The predicted octanol–water partition coefficient (Wildman–Crippen LogP) is 1.38. The van der Waals surface area contributed by atoms with Gasteiger partial charge in [-0.25, -0.2) is 8.42 Å². The average Bonchev–Trinajstić information content (AvgIpc) is 3.13. The number of amides is 2. The second-order valence-corrected chi connectivity index (χ2v) is 9.57. The summed E-state index contributed by atoms with van der Waals surface area (Å²) in [6.07, 6.45) is 0.705. The van der Waals surface area contributed by atoms with Crippen LogP contribution in [-0.4, -0.2) is 60.7 Å². The van der Waals surface area contributed by atoms with Crippen LogP contribution in [0.25, 0.3) is 0 Å². The Morgan fingerprint density at radius 2 is 1.96 bits per heavy atom. The number of carbonyl (C=O) groups is 2. The Balaban J connectivity index is 1.65. The summed E-state index contributed by atoms with van der Waals surface area (Å²) in [5.41, 5.74) is 2.21. The van der Waals surface area contributed by atoms with Gasteiger partial charge in [-0.1, -0.05) is 29.8 Å². The third-order valence-corrected chi connectivity index (χ3v) is 7.08. The molecule has 2 saturated heterocycles. The van der Waals surface area contributed by atoms with Gasteiger partial charge in [-0.2, -0.15) is 0 Å². The maximum atomic E-state index is 12.9. The van der Waals surface area contributed by atoms with Crippen molar-refractivity contribution >= 4 is 21.7 Å². The predicted molar refractivity (Wildman–Crippen MR) is 99.1 cm³/mol. The minimum Gasteiger partial charge on any atom is -0.339 e. The molecule has 2 aliphatic rings. The minimum absolute atomic E-state index is 0.0148. The van der Waals surface area contributed by atoms with Gasteiger partial charge in [0.1, 0.15) is 0 Å². The topological polar surface area (TPSA) is 74.8 Å². The van der Waals surface area contributed by atoms with Crippen LogP contribution in [0, 0.1) is 12.8 Å². The molecule has 0 spiro atoms. The molecule has 2 atom stereocenters. The summed E-state index contributed by atoms with van der Waals surface area (Å²) in [5.74, 6) is -0.296.